The summed E-state index contributed by atoms with van der Waals surface area (Å²) in [4.78, 5) is 25.5. The average Bonchev–Trinajstić information content (AvgIpc) is 3.07. The molecule has 1 fully saturated rings. The van der Waals surface area contributed by atoms with Gasteiger partial charge in [-0.25, -0.2) is 8.42 Å². The maximum atomic E-state index is 12.9. The zero-order valence-corrected chi connectivity index (χ0v) is 16.6. The van der Waals surface area contributed by atoms with E-state index in [0.29, 0.717) is 17.3 Å². The van der Waals surface area contributed by atoms with Gasteiger partial charge in [0.05, 0.1) is 10.5 Å². The first-order chi connectivity index (χ1) is 13.7. The number of hydrogen-bond acceptors (Lipinski definition) is 4. The third-order valence-electron chi connectivity index (χ3n) is 4.57. The lowest BCUT2D eigenvalue weighted by atomic mass is 10.1. The third kappa shape index (κ3) is 4.56. The van der Waals surface area contributed by atoms with Crippen LogP contribution in [0.4, 0.5) is 14.5 Å². The van der Waals surface area contributed by atoms with Gasteiger partial charge in [-0.1, -0.05) is 23.7 Å². The van der Waals surface area contributed by atoms with Crippen molar-refractivity contribution in [3.8, 4) is 0 Å². The fourth-order valence-corrected chi connectivity index (χ4v) is 4.17. The van der Waals surface area contributed by atoms with Gasteiger partial charge in [0.15, 0.2) is 0 Å². The summed E-state index contributed by atoms with van der Waals surface area (Å²) in [5.74, 6) is -4.74. The number of sulfone groups is 1. The van der Waals surface area contributed by atoms with Crippen LogP contribution in [0.15, 0.2) is 53.4 Å². The summed E-state index contributed by atoms with van der Waals surface area (Å²) < 4.78 is 49.3. The summed E-state index contributed by atoms with van der Waals surface area (Å²) in [6.07, 6.45) is 0.194. The molecule has 3 rings (SSSR count). The molecule has 2 aromatic rings. The molecule has 1 atom stereocenters. The summed E-state index contributed by atoms with van der Waals surface area (Å²) in [7, 11) is -4.91. The first-order valence-corrected chi connectivity index (χ1v) is 10.6. The zero-order valence-electron chi connectivity index (χ0n) is 15.0. The Morgan fingerprint density at radius 2 is 1.83 bits per heavy atom. The second-order valence-corrected chi connectivity index (χ2v) is 8.89. The summed E-state index contributed by atoms with van der Waals surface area (Å²) in [6.45, 7) is 0.454. The number of carbonyl (C=O) groups excluding carboxylic acids is 2. The van der Waals surface area contributed by atoms with Crippen LogP contribution in [0.2, 0.25) is 5.02 Å². The molecule has 1 heterocycles. The second-order valence-electron chi connectivity index (χ2n) is 6.56. The molecule has 0 radical (unpaired) electrons. The Morgan fingerprint density at radius 3 is 2.48 bits per heavy atom. The Morgan fingerprint density at radius 1 is 1.17 bits per heavy atom. The van der Waals surface area contributed by atoms with Crippen molar-refractivity contribution in [2.75, 3.05) is 18.0 Å². The highest BCUT2D eigenvalue weighted by molar-refractivity contribution is 7.91. The zero-order chi connectivity index (χ0) is 21.2. The number of nitrogens with zero attached hydrogens (tertiary/aromatic N) is 1. The van der Waals surface area contributed by atoms with Gasteiger partial charge in [0.1, 0.15) is 0 Å². The topological polar surface area (TPSA) is 83.6 Å². The van der Waals surface area contributed by atoms with Crippen LogP contribution in [0.3, 0.4) is 0 Å². The number of amides is 2. The van der Waals surface area contributed by atoms with E-state index in [1.54, 1.807) is 29.2 Å². The molecule has 1 aliphatic rings. The highest BCUT2D eigenvalue weighted by atomic mass is 35.5. The smallest absolute Gasteiger partial charge is 0.341 e. The lowest BCUT2D eigenvalue weighted by Gasteiger charge is -2.17. The highest BCUT2D eigenvalue weighted by Gasteiger charge is 2.33. The largest absolute Gasteiger partial charge is 0.352 e. The molecule has 0 aromatic heterocycles. The van der Waals surface area contributed by atoms with Crippen LogP contribution >= 0.6 is 11.6 Å². The van der Waals surface area contributed by atoms with Gasteiger partial charge in [0.2, 0.25) is 15.7 Å². The predicted molar refractivity (Wildman–Crippen MR) is 104 cm³/mol. The lowest BCUT2D eigenvalue weighted by molar-refractivity contribution is -0.117. The maximum absolute atomic E-state index is 12.9. The molecule has 0 spiro atoms. The van der Waals surface area contributed by atoms with Crippen molar-refractivity contribution in [3.63, 3.8) is 0 Å². The Balaban J connectivity index is 1.68. The van der Waals surface area contributed by atoms with Crippen LogP contribution in [0.1, 0.15) is 16.8 Å². The minimum atomic E-state index is -4.91. The molecule has 29 heavy (non-hydrogen) atoms. The van der Waals surface area contributed by atoms with Crippen LogP contribution < -0.4 is 10.2 Å². The molecule has 6 nitrogen and oxygen atoms in total. The molecule has 0 saturated carbocycles. The van der Waals surface area contributed by atoms with Crippen LogP contribution in [0.5, 0.6) is 0 Å². The van der Waals surface area contributed by atoms with E-state index in [4.69, 9.17) is 11.6 Å². The number of alkyl halides is 2. The van der Waals surface area contributed by atoms with Crippen molar-refractivity contribution in [2.24, 2.45) is 5.92 Å². The van der Waals surface area contributed by atoms with Gasteiger partial charge in [-0.05, 0) is 36.4 Å². The van der Waals surface area contributed by atoms with Gasteiger partial charge in [0.25, 0.3) is 5.91 Å². The average molecular weight is 443 g/mol. The van der Waals surface area contributed by atoms with E-state index in [1.807, 2.05) is 0 Å². The van der Waals surface area contributed by atoms with E-state index in [-0.39, 0.29) is 30.4 Å². The third-order valence-corrected chi connectivity index (χ3v) is 6.26. The fraction of sp³-hybridized carbons (Fsp3) is 0.263. The van der Waals surface area contributed by atoms with E-state index in [1.165, 1.54) is 18.2 Å². The molecule has 2 amide bonds. The number of anilines is 1. The summed E-state index contributed by atoms with van der Waals surface area (Å²) in [5, 5.41) is 3.09. The molecule has 0 aliphatic carbocycles. The maximum Gasteiger partial charge on any atom is 0.341 e. The molecule has 1 N–H and O–H groups in total. The summed E-state index contributed by atoms with van der Waals surface area (Å²) in [6, 6.07) is 11.6. The molecule has 1 unspecified atom stereocenters. The molecule has 10 heteroatoms. The fourth-order valence-electron chi connectivity index (χ4n) is 3.12. The molecule has 1 aliphatic heterocycles. The van der Waals surface area contributed by atoms with Crippen molar-refractivity contribution < 1.29 is 26.8 Å². The van der Waals surface area contributed by atoms with E-state index in [2.05, 4.69) is 5.32 Å². The van der Waals surface area contributed by atoms with Gasteiger partial charge in [-0.15, -0.1) is 0 Å². The minimum absolute atomic E-state index is 0.0950. The van der Waals surface area contributed by atoms with Crippen LogP contribution in [-0.2, 0) is 14.6 Å². The number of nitrogens with one attached hydrogen (secondary N) is 1. The summed E-state index contributed by atoms with van der Waals surface area (Å²) in [5.41, 5.74) is 0.327. The number of benzene rings is 2. The van der Waals surface area contributed by atoms with Gasteiger partial charge < -0.3 is 10.2 Å². The first kappa shape index (κ1) is 21.2. The Bertz CT molecular complexity index is 1030. The minimum Gasteiger partial charge on any atom is -0.352 e. The number of hydrogen-bond donors (Lipinski definition) is 1. The number of carbonyl (C=O) groups is 2. The van der Waals surface area contributed by atoms with E-state index in [0.717, 1.165) is 6.07 Å². The number of rotatable bonds is 6. The molecule has 2 aromatic carbocycles. The second kappa shape index (κ2) is 8.46. The molecule has 154 valence electrons. The quantitative estimate of drug-likeness (QED) is 0.745. The van der Waals surface area contributed by atoms with Gasteiger partial charge >= 0.3 is 5.76 Å². The van der Waals surface area contributed by atoms with Crippen molar-refractivity contribution in [2.45, 2.75) is 17.1 Å². The standard InChI is InChI=1S/C19H17ClF2N2O4S/c20-13-5-7-14(8-6-13)24-11-12(9-17(24)25)10-23-18(26)15-3-1-2-4-16(15)29(27,28)19(21)22/h1-8,12,19H,9-11H2,(H,23,26). The first-order valence-electron chi connectivity index (χ1n) is 8.65. The van der Waals surface area contributed by atoms with E-state index >= 15 is 0 Å². The van der Waals surface area contributed by atoms with Crippen LogP contribution in [0.25, 0.3) is 0 Å². The highest BCUT2D eigenvalue weighted by Crippen LogP contribution is 2.26. The molecular weight excluding hydrogens is 426 g/mol. The molecular formula is C19H17ClF2N2O4S. The van der Waals surface area contributed by atoms with Gasteiger partial charge in [-0.3, -0.25) is 9.59 Å². The van der Waals surface area contributed by atoms with Gasteiger partial charge in [0, 0.05) is 36.1 Å². The van der Waals surface area contributed by atoms with Crippen molar-refractivity contribution in [1.82, 2.24) is 5.32 Å². The SMILES string of the molecule is O=C(NCC1CC(=O)N(c2ccc(Cl)cc2)C1)c1ccccc1S(=O)(=O)C(F)F. The molecule has 0 bridgehead atoms. The van der Waals surface area contributed by atoms with E-state index in [9.17, 15) is 26.8 Å². The van der Waals surface area contributed by atoms with Crippen molar-refractivity contribution in [1.29, 1.82) is 0 Å². The van der Waals surface area contributed by atoms with Crippen molar-refractivity contribution in [3.05, 3.63) is 59.1 Å². The van der Waals surface area contributed by atoms with E-state index < -0.39 is 26.4 Å². The molecule has 1 saturated heterocycles. The normalized spacial score (nSPS) is 17.0. The summed E-state index contributed by atoms with van der Waals surface area (Å²) >= 11 is 5.85. The Kier molecular flexibility index (Phi) is 6.18. The van der Waals surface area contributed by atoms with Gasteiger partial charge in [-0.2, -0.15) is 8.78 Å². The Labute approximate surface area is 171 Å². The van der Waals surface area contributed by atoms with Crippen molar-refractivity contribution >= 4 is 38.9 Å². The number of halogens is 3. The lowest BCUT2D eigenvalue weighted by Crippen LogP contribution is -2.32. The monoisotopic (exact) mass is 442 g/mol. The predicted octanol–water partition coefficient (Wildman–Crippen LogP) is 3.12. The van der Waals surface area contributed by atoms with Crippen LogP contribution in [0, 0.1) is 5.92 Å². The van der Waals surface area contributed by atoms with Crippen LogP contribution in [-0.4, -0.2) is 39.1 Å². The Hall–Kier alpha value is -2.52.